The van der Waals surface area contributed by atoms with Crippen molar-refractivity contribution in [3.63, 3.8) is 0 Å². The van der Waals surface area contributed by atoms with E-state index >= 15 is 0 Å². The largest absolute Gasteiger partial charge is 0.363 e. The van der Waals surface area contributed by atoms with Crippen molar-refractivity contribution in [1.29, 1.82) is 0 Å². The van der Waals surface area contributed by atoms with Crippen LogP contribution in [0.1, 0.15) is 26.3 Å². The maximum atomic E-state index is 11.4. The molecule has 1 rings (SSSR count). The zero-order chi connectivity index (χ0) is 14.3. The fourth-order valence-electron chi connectivity index (χ4n) is 1.78. The third-order valence-corrected chi connectivity index (χ3v) is 3.01. The zero-order valence-electron chi connectivity index (χ0n) is 12.4. The second-order valence-corrected chi connectivity index (χ2v) is 4.89. The highest BCUT2D eigenvalue weighted by Crippen LogP contribution is 2.15. The van der Waals surface area contributed by atoms with Crippen molar-refractivity contribution >= 4 is 11.6 Å². The van der Waals surface area contributed by atoms with Gasteiger partial charge in [0.2, 0.25) is 5.91 Å². The molecule has 1 aromatic carbocycles. The molecule has 0 saturated heterocycles. The van der Waals surface area contributed by atoms with E-state index in [9.17, 15) is 4.79 Å². The Labute approximate surface area is 116 Å². The molecule has 1 aromatic rings. The topological polar surface area (TPSA) is 44.4 Å². The van der Waals surface area contributed by atoms with Crippen molar-refractivity contribution in [1.82, 2.24) is 10.6 Å². The second kappa shape index (κ2) is 7.79. The predicted octanol–water partition coefficient (Wildman–Crippen LogP) is 1.76. The Morgan fingerprint density at radius 3 is 2.37 bits per heavy atom. The van der Waals surface area contributed by atoms with E-state index in [1.54, 1.807) is 7.05 Å². The number of carbonyl (C=O) groups excluding carboxylic acids is 1. The zero-order valence-corrected chi connectivity index (χ0v) is 12.4. The van der Waals surface area contributed by atoms with Crippen LogP contribution < -0.4 is 15.5 Å². The lowest BCUT2D eigenvalue weighted by molar-refractivity contribution is -0.119. The van der Waals surface area contributed by atoms with Gasteiger partial charge in [0, 0.05) is 31.9 Å². The Morgan fingerprint density at radius 1 is 1.26 bits per heavy atom. The first-order valence-electron chi connectivity index (χ1n) is 6.84. The highest BCUT2D eigenvalue weighted by Gasteiger charge is 2.08. The Bertz CT molecular complexity index is 387. The van der Waals surface area contributed by atoms with Gasteiger partial charge in [0.25, 0.3) is 0 Å². The van der Waals surface area contributed by atoms with Crippen molar-refractivity contribution in [2.24, 2.45) is 0 Å². The number of rotatable bonds is 7. The normalized spacial score (nSPS) is 10.6. The maximum Gasteiger partial charge on any atom is 0.239 e. The van der Waals surface area contributed by atoms with Crippen molar-refractivity contribution < 1.29 is 4.79 Å². The highest BCUT2D eigenvalue weighted by atomic mass is 16.1. The third kappa shape index (κ3) is 5.30. The molecular weight excluding hydrogens is 238 g/mol. The van der Waals surface area contributed by atoms with Gasteiger partial charge >= 0.3 is 0 Å². The molecule has 0 unspecified atom stereocenters. The lowest BCUT2D eigenvalue weighted by atomic mass is 10.2. The van der Waals surface area contributed by atoms with Gasteiger partial charge in [-0.15, -0.1) is 0 Å². The Hall–Kier alpha value is -1.55. The van der Waals surface area contributed by atoms with Gasteiger partial charge < -0.3 is 15.5 Å². The monoisotopic (exact) mass is 263 g/mol. The molecule has 0 spiro atoms. The summed E-state index contributed by atoms with van der Waals surface area (Å²) in [5.74, 6) is 0.0346. The van der Waals surface area contributed by atoms with E-state index in [4.69, 9.17) is 0 Å². The number of hydrogen-bond donors (Lipinski definition) is 2. The minimum absolute atomic E-state index is 0.0346. The summed E-state index contributed by atoms with van der Waals surface area (Å²) < 4.78 is 0. The van der Waals surface area contributed by atoms with E-state index in [1.165, 1.54) is 5.56 Å². The molecular formula is C15H25N3O. The summed E-state index contributed by atoms with van der Waals surface area (Å²) in [6.07, 6.45) is 0. The molecule has 0 aliphatic carbocycles. The van der Waals surface area contributed by atoms with Crippen LogP contribution in [0.5, 0.6) is 0 Å². The first-order chi connectivity index (χ1) is 9.06. The number of benzene rings is 1. The van der Waals surface area contributed by atoms with Crippen molar-refractivity contribution in [3.05, 3.63) is 29.8 Å². The standard InChI is InChI=1S/C15H25N3O/c1-5-18(11-15(19)16-4)14-8-6-13(7-9-14)10-17-12(2)3/h6-9,12,17H,5,10-11H2,1-4H3,(H,16,19). The summed E-state index contributed by atoms with van der Waals surface area (Å²) in [7, 11) is 1.66. The first-order valence-corrected chi connectivity index (χ1v) is 6.84. The maximum absolute atomic E-state index is 11.4. The van der Waals surface area contributed by atoms with Crippen molar-refractivity contribution in [2.45, 2.75) is 33.4 Å². The predicted molar refractivity (Wildman–Crippen MR) is 80.4 cm³/mol. The van der Waals surface area contributed by atoms with Gasteiger partial charge in [-0.2, -0.15) is 0 Å². The fraction of sp³-hybridized carbons (Fsp3) is 0.533. The number of nitrogens with zero attached hydrogens (tertiary/aromatic N) is 1. The first kappa shape index (κ1) is 15.5. The van der Waals surface area contributed by atoms with Crippen molar-refractivity contribution in [2.75, 3.05) is 25.0 Å². The van der Waals surface area contributed by atoms with E-state index in [2.05, 4.69) is 60.6 Å². The second-order valence-electron chi connectivity index (χ2n) is 4.89. The molecule has 0 saturated carbocycles. The number of carbonyl (C=O) groups is 1. The van der Waals surface area contributed by atoms with Gasteiger partial charge in [-0.1, -0.05) is 26.0 Å². The van der Waals surface area contributed by atoms with E-state index in [0.717, 1.165) is 18.8 Å². The van der Waals surface area contributed by atoms with Crippen LogP contribution in [0, 0.1) is 0 Å². The van der Waals surface area contributed by atoms with Crippen LogP contribution in [0.25, 0.3) is 0 Å². The van der Waals surface area contributed by atoms with Crippen LogP contribution in [0.3, 0.4) is 0 Å². The van der Waals surface area contributed by atoms with Crippen LogP contribution in [0.4, 0.5) is 5.69 Å². The minimum Gasteiger partial charge on any atom is -0.363 e. The molecule has 0 aliphatic rings. The van der Waals surface area contributed by atoms with Crippen molar-refractivity contribution in [3.8, 4) is 0 Å². The molecule has 0 radical (unpaired) electrons. The molecule has 19 heavy (non-hydrogen) atoms. The van der Waals surface area contributed by atoms with E-state index in [1.807, 2.05) is 0 Å². The highest BCUT2D eigenvalue weighted by molar-refractivity contribution is 5.81. The molecule has 0 aliphatic heterocycles. The van der Waals surface area contributed by atoms with E-state index < -0.39 is 0 Å². The summed E-state index contributed by atoms with van der Waals surface area (Å²) >= 11 is 0. The quantitative estimate of drug-likeness (QED) is 0.788. The van der Waals surface area contributed by atoms with Crippen LogP contribution in [0.2, 0.25) is 0 Å². The number of anilines is 1. The van der Waals surface area contributed by atoms with E-state index in [-0.39, 0.29) is 5.91 Å². The van der Waals surface area contributed by atoms with Gasteiger partial charge in [0.1, 0.15) is 0 Å². The summed E-state index contributed by atoms with van der Waals surface area (Å²) in [6, 6.07) is 8.85. The minimum atomic E-state index is 0.0346. The van der Waals surface area contributed by atoms with Gasteiger partial charge in [-0.3, -0.25) is 4.79 Å². The summed E-state index contributed by atoms with van der Waals surface area (Å²) in [5, 5.41) is 6.04. The van der Waals surface area contributed by atoms with Gasteiger partial charge in [-0.25, -0.2) is 0 Å². The number of nitrogens with one attached hydrogen (secondary N) is 2. The molecule has 0 aromatic heterocycles. The molecule has 1 amide bonds. The molecule has 4 heteroatoms. The van der Waals surface area contributed by atoms with Crippen LogP contribution >= 0.6 is 0 Å². The SMILES string of the molecule is CCN(CC(=O)NC)c1ccc(CNC(C)C)cc1. The molecule has 4 nitrogen and oxygen atoms in total. The molecule has 0 bridgehead atoms. The Balaban J connectivity index is 2.65. The van der Waals surface area contributed by atoms with Gasteiger partial charge in [-0.05, 0) is 24.6 Å². The Morgan fingerprint density at radius 2 is 1.89 bits per heavy atom. The lowest BCUT2D eigenvalue weighted by Gasteiger charge is -2.22. The number of likely N-dealkylation sites (N-methyl/N-ethyl adjacent to an activating group) is 2. The third-order valence-electron chi connectivity index (χ3n) is 3.01. The summed E-state index contributed by atoms with van der Waals surface area (Å²) in [4.78, 5) is 13.5. The molecule has 0 heterocycles. The number of hydrogen-bond acceptors (Lipinski definition) is 3. The Kier molecular flexibility index (Phi) is 6.36. The van der Waals surface area contributed by atoms with Crippen LogP contribution in [0.15, 0.2) is 24.3 Å². The van der Waals surface area contributed by atoms with Crippen LogP contribution in [-0.4, -0.2) is 32.1 Å². The van der Waals surface area contributed by atoms with E-state index in [0.29, 0.717) is 12.6 Å². The smallest absolute Gasteiger partial charge is 0.239 e. The van der Waals surface area contributed by atoms with Gasteiger partial charge in [0.15, 0.2) is 0 Å². The van der Waals surface area contributed by atoms with Crippen LogP contribution in [-0.2, 0) is 11.3 Å². The average molecular weight is 263 g/mol. The summed E-state index contributed by atoms with van der Waals surface area (Å²) in [5.41, 5.74) is 2.34. The molecule has 0 atom stereocenters. The lowest BCUT2D eigenvalue weighted by Crippen LogP contribution is -2.35. The number of amides is 1. The summed E-state index contributed by atoms with van der Waals surface area (Å²) in [6.45, 7) is 8.41. The van der Waals surface area contributed by atoms with Gasteiger partial charge in [0.05, 0.1) is 6.54 Å². The molecule has 106 valence electrons. The average Bonchev–Trinajstić information content (AvgIpc) is 2.42. The molecule has 0 fully saturated rings. The fourth-order valence-corrected chi connectivity index (χ4v) is 1.78. The molecule has 2 N–H and O–H groups in total.